The molecule has 0 saturated heterocycles. The fourth-order valence-electron chi connectivity index (χ4n) is 4.65. The maximum atomic E-state index is 13.0. The first-order valence-electron chi connectivity index (χ1n) is 10.4. The minimum Gasteiger partial charge on any atom is -0.343 e. The summed E-state index contributed by atoms with van der Waals surface area (Å²) < 4.78 is 1.75. The Morgan fingerprint density at radius 2 is 1.81 bits per heavy atom. The Bertz CT molecular complexity index is 1270. The van der Waals surface area contributed by atoms with Crippen molar-refractivity contribution in [1.29, 1.82) is 5.26 Å². The highest BCUT2D eigenvalue weighted by atomic mass is 16.1. The molecule has 1 atom stereocenters. The molecule has 2 aliphatic rings. The third kappa shape index (κ3) is 3.12. The van der Waals surface area contributed by atoms with Gasteiger partial charge in [-0.2, -0.15) is 15.0 Å². The highest BCUT2D eigenvalue weighted by Crippen LogP contribution is 2.47. The molecule has 3 aromatic rings. The Balaban J connectivity index is 1.74. The van der Waals surface area contributed by atoms with Crippen molar-refractivity contribution in [3.8, 4) is 12.0 Å². The minimum atomic E-state index is -0.230. The number of fused-ring (bicyclic) bond motifs is 1. The molecule has 31 heavy (non-hydrogen) atoms. The number of Topliss-reactive ketones (excluding diaryl/α,β-unsaturated/α-hetero) is 1. The summed E-state index contributed by atoms with van der Waals surface area (Å²) in [5.74, 6) is 1.26. The van der Waals surface area contributed by atoms with Crippen molar-refractivity contribution >= 4 is 11.6 Å². The second-order valence-electron chi connectivity index (χ2n) is 8.17. The summed E-state index contributed by atoms with van der Waals surface area (Å²) in [6.07, 6.45) is 2.19. The molecule has 0 unspecified atom stereocenters. The van der Waals surface area contributed by atoms with Crippen molar-refractivity contribution in [2.45, 2.75) is 46.0 Å². The van der Waals surface area contributed by atoms with Gasteiger partial charge in [0.05, 0.1) is 17.3 Å². The van der Waals surface area contributed by atoms with Crippen LogP contribution >= 0.6 is 0 Å². The molecule has 2 aromatic heterocycles. The number of nitrogens with zero attached hydrogens (tertiary/aromatic N) is 5. The molecule has 0 saturated carbocycles. The molecule has 3 heterocycles. The Kier molecular flexibility index (Phi) is 4.44. The van der Waals surface area contributed by atoms with Crippen LogP contribution in [0.3, 0.4) is 0 Å². The highest BCUT2D eigenvalue weighted by Gasteiger charge is 2.39. The number of hydrogen-bond donors (Lipinski definition) is 1. The quantitative estimate of drug-likeness (QED) is 0.685. The van der Waals surface area contributed by atoms with Crippen LogP contribution < -0.4 is 5.32 Å². The molecule has 5 rings (SSSR count). The van der Waals surface area contributed by atoms with Crippen molar-refractivity contribution in [3.05, 3.63) is 75.4 Å². The molecule has 7 heteroatoms. The van der Waals surface area contributed by atoms with Gasteiger partial charge in [-0.25, -0.2) is 9.97 Å². The topological polar surface area (TPSA) is 96.5 Å². The number of nitriles is 1. The van der Waals surface area contributed by atoms with E-state index in [4.69, 9.17) is 5.10 Å². The summed E-state index contributed by atoms with van der Waals surface area (Å²) in [7, 11) is 0. The Morgan fingerprint density at radius 1 is 1.10 bits per heavy atom. The summed E-state index contributed by atoms with van der Waals surface area (Å²) in [6.45, 7) is 5.83. The summed E-state index contributed by atoms with van der Waals surface area (Å²) in [5.41, 5.74) is 6.86. The zero-order chi connectivity index (χ0) is 21.7. The number of hydrogen-bond acceptors (Lipinski definition) is 6. The first-order chi connectivity index (χ1) is 15.0. The van der Waals surface area contributed by atoms with Gasteiger partial charge >= 0.3 is 0 Å². The summed E-state index contributed by atoms with van der Waals surface area (Å²) in [5, 5.41) is 17.5. The van der Waals surface area contributed by atoms with E-state index in [-0.39, 0.29) is 11.7 Å². The molecule has 154 valence electrons. The molecule has 0 spiro atoms. The molecule has 1 N–H and O–H groups in total. The molecule has 1 aliphatic carbocycles. The number of benzene rings is 1. The van der Waals surface area contributed by atoms with Crippen LogP contribution in [0.25, 0.3) is 5.95 Å². The largest absolute Gasteiger partial charge is 0.343 e. The van der Waals surface area contributed by atoms with Gasteiger partial charge in [-0.05, 0) is 57.4 Å². The summed E-state index contributed by atoms with van der Waals surface area (Å²) in [6, 6.07) is 11.6. The van der Waals surface area contributed by atoms with Crippen LogP contribution in [-0.2, 0) is 4.79 Å². The minimum absolute atomic E-state index is 0.170. The van der Waals surface area contributed by atoms with E-state index in [2.05, 4.69) is 21.4 Å². The van der Waals surface area contributed by atoms with Crippen LogP contribution in [0, 0.1) is 32.1 Å². The van der Waals surface area contributed by atoms with Crippen molar-refractivity contribution in [2.24, 2.45) is 0 Å². The van der Waals surface area contributed by atoms with E-state index in [0.29, 0.717) is 17.9 Å². The summed E-state index contributed by atoms with van der Waals surface area (Å²) >= 11 is 0. The molecule has 0 amide bonds. The highest BCUT2D eigenvalue weighted by molar-refractivity contribution is 6.01. The predicted molar refractivity (Wildman–Crippen MR) is 116 cm³/mol. The standard InChI is InChI=1S/C24H22N6O/c1-13-11-14(2)27-24(26-13)30-23-20(15(3)29-30)21(17-9-7-16(12-25)8-10-17)22-18(28-23)5-4-6-19(22)31/h7-11,21,28H,4-6H2,1-3H3/t21-/m0/s1. The normalized spacial score (nSPS) is 17.6. The van der Waals surface area contributed by atoms with Gasteiger partial charge in [0.2, 0.25) is 0 Å². The number of aryl methyl sites for hydroxylation is 3. The number of aromatic nitrogens is 4. The average molecular weight is 410 g/mol. The predicted octanol–water partition coefficient (Wildman–Crippen LogP) is 4.02. The third-order valence-electron chi connectivity index (χ3n) is 5.94. The lowest BCUT2D eigenvalue weighted by atomic mass is 9.76. The molecule has 7 nitrogen and oxygen atoms in total. The second-order valence-corrected chi connectivity index (χ2v) is 8.17. The van der Waals surface area contributed by atoms with E-state index in [1.54, 1.807) is 16.8 Å². The number of rotatable bonds is 2. The van der Waals surface area contributed by atoms with Crippen LogP contribution in [0.1, 0.15) is 59.0 Å². The van der Waals surface area contributed by atoms with Crippen LogP contribution in [-0.4, -0.2) is 25.5 Å². The Labute approximate surface area is 180 Å². The van der Waals surface area contributed by atoms with E-state index in [9.17, 15) is 10.1 Å². The van der Waals surface area contributed by atoms with Crippen LogP contribution in [0.15, 0.2) is 41.6 Å². The molecule has 1 aromatic carbocycles. The van der Waals surface area contributed by atoms with Gasteiger partial charge in [0, 0.05) is 40.6 Å². The van der Waals surface area contributed by atoms with Gasteiger partial charge < -0.3 is 5.32 Å². The van der Waals surface area contributed by atoms with E-state index >= 15 is 0 Å². The lowest BCUT2D eigenvalue weighted by Gasteiger charge is -2.32. The lowest BCUT2D eigenvalue weighted by Crippen LogP contribution is -2.27. The molecular formula is C24H22N6O. The van der Waals surface area contributed by atoms with Gasteiger partial charge in [-0.15, -0.1) is 0 Å². The van der Waals surface area contributed by atoms with Gasteiger partial charge in [-0.1, -0.05) is 12.1 Å². The number of ketones is 1. The van der Waals surface area contributed by atoms with Gasteiger partial charge in [-0.3, -0.25) is 4.79 Å². The van der Waals surface area contributed by atoms with Crippen molar-refractivity contribution in [1.82, 2.24) is 19.7 Å². The van der Waals surface area contributed by atoms with Crippen molar-refractivity contribution in [3.63, 3.8) is 0 Å². The SMILES string of the molecule is Cc1cc(C)nc(-n2nc(C)c3c2NC2=C(C(=O)CCC2)[C@H]3c2ccc(C#N)cc2)n1. The number of carbonyl (C=O) groups is 1. The Hall–Kier alpha value is -3.79. The van der Waals surface area contributed by atoms with Gasteiger partial charge in [0.15, 0.2) is 5.78 Å². The summed E-state index contributed by atoms with van der Waals surface area (Å²) in [4.78, 5) is 22.2. The zero-order valence-corrected chi connectivity index (χ0v) is 17.7. The van der Waals surface area contributed by atoms with E-state index < -0.39 is 0 Å². The van der Waals surface area contributed by atoms with Gasteiger partial charge in [0.1, 0.15) is 5.82 Å². The Morgan fingerprint density at radius 3 is 2.48 bits per heavy atom. The third-order valence-corrected chi connectivity index (χ3v) is 5.94. The lowest BCUT2D eigenvalue weighted by molar-refractivity contribution is -0.116. The van der Waals surface area contributed by atoms with Gasteiger partial charge in [0.25, 0.3) is 5.95 Å². The van der Waals surface area contributed by atoms with E-state index in [1.807, 2.05) is 39.0 Å². The number of allylic oxidation sites excluding steroid dienone is 2. The van der Waals surface area contributed by atoms with Crippen LogP contribution in [0.2, 0.25) is 0 Å². The van der Waals surface area contributed by atoms with E-state index in [0.717, 1.165) is 58.1 Å². The maximum Gasteiger partial charge on any atom is 0.252 e. The maximum absolute atomic E-state index is 13.0. The van der Waals surface area contributed by atoms with Crippen LogP contribution in [0.5, 0.6) is 0 Å². The molecule has 0 radical (unpaired) electrons. The first kappa shape index (κ1) is 19.2. The average Bonchev–Trinajstić information content (AvgIpc) is 3.08. The zero-order valence-electron chi connectivity index (χ0n) is 17.7. The fourth-order valence-corrected chi connectivity index (χ4v) is 4.65. The fraction of sp³-hybridized carbons (Fsp3) is 0.292. The molecular weight excluding hydrogens is 388 g/mol. The second kappa shape index (κ2) is 7.17. The molecule has 0 bridgehead atoms. The smallest absolute Gasteiger partial charge is 0.252 e. The number of anilines is 1. The number of carbonyl (C=O) groups excluding carboxylic acids is 1. The number of nitrogens with one attached hydrogen (secondary N) is 1. The van der Waals surface area contributed by atoms with Crippen molar-refractivity contribution < 1.29 is 4.79 Å². The van der Waals surface area contributed by atoms with E-state index in [1.165, 1.54) is 0 Å². The molecule has 0 fully saturated rings. The van der Waals surface area contributed by atoms with Crippen LogP contribution in [0.4, 0.5) is 5.82 Å². The van der Waals surface area contributed by atoms with Crippen molar-refractivity contribution in [2.75, 3.05) is 5.32 Å². The molecule has 1 aliphatic heterocycles. The monoisotopic (exact) mass is 410 g/mol. The first-order valence-corrected chi connectivity index (χ1v) is 10.4.